The van der Waals surface area contributed by atoms with Crippen molar-refractivity contribution < 1.29 is 13.2 Å². The van der Waals surface area contributed by atoms with Gasteiger partial charge in [0.2, 0.25) is 10.0 Å². The van der Waals surface area contributed by atoms with Gasteiger partial charge in [-0.05, 0) is 19.1 Å². The molecule has 0 radical (unpaired) electrons. The fourth-order valence-electron chi connectivity index (χ4n) is 1.67. The quantitative estimate of drug-likeness (QED) is 0.760. The van der Waals surface area contributed by atoms with Crippen molar-refractivity contribution in [1.82, 2.24) is 9.29 Å². The van der Waals surface area contributed by atoms with Crippen LogP contribution in [-0.4, -0.2) is 43.5 Å². The third kappa shape index (κ3) is 2.77. The average Bonchev–Trinajstić information content (AvgIpc) is 2.29. The van der Waals surface area contributed by atoms with Gasteiger partial charge < -0.3 is 4.74 Å². The number of rotatable bonds is 2. The molecule has 0 amide bonds. The summed E-state index contributed by atoms with van der Waals surface area (Å²) in [7, 11) is -3.48. The maximum absolute atomic E-state index is 12.2. The second kappa shape index (κ2) is 4.89. The summed E-state index contributed by atoms with van der Waals surface area (Å²) < 4.78 is 31.2. The van der Waals surface area contributed by atoms with Gasteiger partial charge in [-0.25, -0.2) is 13.4 Å². The van der Waals surface area contributed by atoms with Crippen molar-refractivity contribution in [3.8, 4) is 0 Å². The van der Waals surface area contributed by atoms with Gasteiger partial charge in [0, 0.05) is 19.3 Å². The summed E-state index contributed by atoms with van der Waals surface area (Å²) in [5.41, 5.74) is 0. The lowest BCUT2D eigenvalue weighted by Crippen LogP contribution is -2.44. The molecule has 1 aliphatic rings. The minimum atomic E-state index is -3.48. The van der Waals surface area contributed by atoms with Crippen molar-refractivity contribution in [2.24, 2.45) is 0 Å². The first-order valence-electron chi connectivity index (χ1n) is 5.23. The molecule has 2 heterocycles. The van der Waals surface area contributed by atoms with Crippen molar-refractivity contribution in [1.29, 1.82) is 0 Å². The molecule has 0 bridgehead atoms. The van der Waals surface area contributed by atoms with Gasteiger partial charge in [0.1, 0.15) is 10.0 Å². The summed E-state index contributed by atoms with van der Waals surface area (Å²) in [5.74, 6) is 0. The highest BCUT2D eigenvalue weighted by Crippen LogP contribution is 2.18. The molecule has 1 atom stereocenters. The van der Waals surface area contributed by atoms with E-state index < -0.39 is 10.0 Å². The Balaban J connectivity index is 2.26. The highest BCUT2D eigenvalue weighted by atomic mass is 35.5. The first kappa shape index (κ1) is 12.8. The zero-order chi connectivity index (χ0) is 12.5. The van der Waals surface area contributed by atoms with Crippen molar-refractivity contribution >= 4 is 21.6 Å². The third-order valence-electron chi connectivity index (χ3n) is 2.54. The smallest absolute Gasteiger partial charge is 0.244 e. The maximum Gasteiger partial charge on any atom is 0.244 e. The number of aromatic nitrogens is 1. The van der Waals surface area contributed by atoms with Crippen LogP contribution >= 0.6 is 11.6 Å². The van der Waals surface area contributed by atoms with E-state index in [2.05, 4.69) is 4.98 Å². The molecular weight excluding hydrogens is 264 g/mol. The molecule has 1 aliphatic heterocycles. The Morgan fingerprint density at radius 2 is 2.29 bits per heavy atom. The SMILES string of the molecule is CC1CN(S(=O)(=O)c2ccc(Cl)nc2)CCO1. The van der Waals surface area contributed by atoms with Crippen LogP contribution in [0, 0.1) is 0 Å². The Morgan fingerprint density at radius 1 is 1.53 bits per heavy atom. The van der Waals surface area contributed by atoms with Crippen molar-refractivity contribution in [3.63, 3.8) is 0 Å². The summed E-state index contributed by atoms with van der Waals surface area (Å²) in [5, 5.41) is 0.277. The summed E-state index contributed by atoms with van der Waals surface area (Å²) in [6.45, 7) is 3.00. The van der Waals surface area contributed by atoms with Crippen LogP contribution in [0.1, 0.15) is 6.92 Å². The second-order valence-corrected chi connectivity index (χ2v) is 6.19. The molecule has 7 heteroatoms. The zero-order valence-corrected chi connectivity index (χ0v) is 10.9. The minimum absolute atomic E-state index is 0.0845. The molecule has 0 spiro atoms. The summed E-state index contributed by atoms with van der Waals surface area (Å²) in [6, 6.07) is 2.93. The number of morpholine rings is 1. The number of sulfonamides is 1. The van der Waals surface area contributed by atoms with E-state index in [4.69, 9.17) is 16.3 Å². The van der Waals surface area contributed by atoms with Gasteiger partial charge in [0.25, 0.3) is 0 Å². The Kier molecular flexibility index (Phi) is 3.67. The molecule has 1 aromatic rings. The van der Waals surface area contributed by atoms with E-state index in [0.29, 0.717) is 19.7 Å². The minimum Gasteiger partial charge on any atom is -0.376 e. The topological polar surface area (TPSA) is 59.5 Å². The van der Waals surface area contributed by atoms with Crippen molar-refractivity contribution in [2.75, 3.05) is 19.7 Å². The molecule has 2 rings (SSSR count). The molecule has 1 saturated heterocycles. The third-order valence-corrected chi connectivity index (χ3v) is 4.61. The molecule has 1 aromatic heterocycles. The summed E-state index contributed by atoms with van der Waals surface area (Å²) in [6.07, 6.45) is 1.19. The van der Waals surface area contributed by atoms with E-state index in [1.165, 1.54) is 22.6 Å². The molecule has 1 unspecified atom stereocenters. The highest BCUT2D eigenvalue weighted by molar-refractivity contribution is 7.89. The predicted molar refractivity (Wildman–Crippen MR) is 63.4 cm³/mol. The average molecular weight is 277 g/mol. The molecule has 17 heavy (non-hydrogen) atoms. The van der Waals surface area contributed by atoms with Crippen molar-refractivity contribution in [2.45, 2.75) is 17.9 Å². The number of ether oxygens (including phenoxy) is 1. The van der Waals surface area contributed by atoms with Gasteiger partial charge in [0.05, 0.1) is 12.7 Å². The van der Waals surface area contributed by atoms with Gasteiger partial charge in [-0.3, -0.25) is 0 Å². The Bertz CT molecular complexity index is 489. The van der Waals surface area contributed by atoms with Crippen LogP contribution in [0.15, 0.2) is 23.2 Å². The van der Waals surface area contributed by atoms with Crippen LogP contribution < -0.4 is 0 Å². The van der Waals surface area contributed by atoms with Gasteiger partial charge in [-0.1, -0.05) is 11.6 Å². The number of hydrogen-bond acceptors (Lipinski definition) is 4. The normalized spacial score (nSPS) is 22.6. The monoisotopic (exact) mass is 276 g/mol. The summed E-state index contributed by atoms with van der Waals surface area (Å²) in [4.78, 5) is 3.95. The molecule has 0 aliphatic carbocycles. The Hall–Kier alpha value is -0.690. The van der Waals surface area contributed by atoms with Gasteiger partial charge >= 0.3 is 0 Å². The van der Waals surface area contributed by atoms with E-state index in [1.807, 2.05) is 6.92 Å². The van der Waals surface area contributed by atoms with Crippen LogP contribution in [-0.2, 0) is 14.8 Å². The van der Waals surface area contributed by atoms with E-state index in [9.17, 15) is 8.42 Å². The zero-order valence-electron chi connectivity index (χ0n) is 9.34. The number of hydrogen-bond donors (Lipinski definition) is 0. The standard InChI is InChI=1S/C10H13ClN2O3S/c1-8-7-13(4-5-16-8)17(14,15)9-2-3-10(11)12-6-9/h2-3,6,8H,4-5,7H2,1H3. The lowest BCUT2D eigenvalue weighted by molar-refractivity contribution is 0.0102. The lowest BCUT2D eigenvalue weighted by atomic mass is 10.3. The molecule has 94 valence electrons. The second-order valence-electron chi connectivity index (χ2n) is 3.86. The number of halogens is 1. The Morgan fingerprint density at radius 3 is 2.88 bits per heavy atom. The fraction of sp³-hybridized carbons (Fsp3) is 0.500. The molecule has 0 aromatic carbocycles. The van der Waals surface area contributed by atoms with Gasteiger partial charge in [0.15, 0.2) is 0 Å². The largest absolute Gasteiger partial charge is 0.376 e. The molecule has 5 nitrogen and oxygen atoms in total. The van der Waals surface area contributed by atoms with Crippen LogP contribution in [0.3, 0.4) is 0 Å². The van der Waals surface area contributed by atoms with Crippen molar-refractivity contribution in [3.05, 3.63) is 23.5 Å². The first-order chi connectivity index (χ1) is 8.00. The fourth-order valence-corrected chi connectivity index (χ4v) is 3.23. The highest BCUT2D eigenvalue weighted by Gasteiger charge is 2.29. The van der Waals surface area contributed by atoms with Gasteiger partial charge in [-0.15, -0.1) is 0 Å². The van der Waals surface area contributed by atoms with Crippen LogP contribution in [0.4, 0.5) is 0 Å². The van der Waals surface area contributed by atoms with Crippen LogP contribution in [0.2, 0.25) is 5.15 Å². The van der Waals surface area contributed by atoms with Gasteiger partial charge in [-0.2, -0.15) is 4.31 Å². The summed E-state index contributed by atoms with van der Waals surface area (Å²) >= 11 is 5.63. The lowest BCUT2D eigenvalue weighted by Gasteiger charge is -2.30. The molecular formula is C10H13ClN2O3S. The molecule has 0 N–H and O–H groups in total. The number of nitrogens with zero attached hydrogens (tertiary/aromatic N) is 2. The first-order valence-corrected chi connectivity index (χ1v) is 7.05. The predicted octanol–water partition coefficient (Wildman–Crippen LogP) is 1.14. The van der Waals surface area contributed by atoms with E-state index in [0.717, 1.165) is 0 Å². The molecule has 0 saturated carbocycles. The molecule has 1 fully saturated rings. The Labute approximate surface area is 105 Å². The number of pyridine rings is 1. The van der Waals surface area contributed by atoms with Crippen LogP contribution in [0.5, 0.6) is 0 Å². The maximum atomic E-state index is 12.2. The van der Waals surface area contributed by atoms with E-state index >= 15 is 0 Å². The van der Waals surface area contributed by atoms with E-state index in [-0.39, 0.29) is 16.2 Å². The van der Waals surface area contributed by atoms with Crippen LogP contribution in [0.25, 0.3) is 0 Å². The van der Waals surface area contributed by atoms with E-state index in [1.54, 1.807) is 0 Å².